The number of halogens is 3. The number of morpholine rings is 1. The summed E-state index contributed by atoms with van der Waals surface area (Å²) in [4.78, 5) is 44.5. The summed E-state index contributed by atoms with van der Waals surface area (Å²) < 4.78 is 28.5. The number of nitrogens with zero attached hydrogens (tertiary/aromatic N) is 7. The monoisotopic (exact) mass is 603 g/mol. The first kappa shape index (κ1) is 27.7. The van der Waals surface area contributed by atoms with E-state index in [0.717, 1.165) is 5.69 Å². The van der Waals surface area contributed by atoms with Gasteiger partial charge in [0.1, 0.15) is 29.2 Å². The molecule has 0 radical (unpaired) electrons. The Morgan fingerprint density at radius 2 is 1.93 bits per heavy atom. The summed E-state index contributed by atoms with van der Waals surface area (Å²) in [6.45, 7) is 5.40. The highest BCUT2D eigenvalue weighted by Gasteiger charge is 2.40. The van der Waals surface area contributed by atoms with Crippen LogP contribution in [0.1, 0.15) is 35.9 Å². The van der Waals surface area contributed by atoms with Crippen molar-refractivity contribution < 1.29 is 23.5 Å². The Morgan fingerprint density at radius 3 is 2.66 bits per heavy atom. The number of pyridine rings is 2. The normalized spacial score (nSPS) is 18.6. The third kappa shape index (κ3) is 5.43. The van der Waals surface area contributed by atoms with E-state index < -0.39 is 11.9 Å². The van der Waals surface area contributed by atoms with Gasteiger partial charge in [-0.05, 0) is 18.2 Å². The highest BCUT2D eigenvalue weighted by Crippen LogP contribution is 2.38. The summed E-state index contributed by atoms with van der Waals surface area (Å²) in [5, 5.41) is 0.295. The lowest BCUT2D eigenvalue weighted by Gasteiger charge is -2.37. The van der Waals surface area contributed by atoms with Gasteiger partial charge < -0.3 is 28.7 Å². The Labute approximate surface area is 245 Å². The van der Waals surface area contributed by atoms with E-state index in [1.807, 2.05) is 4.57 Å². The maximum Gasteiger partial charge on any atom is 0.261 e. The number of anilines is 1. The molecule has 6 rings (SSSR count). The van der Waals surface area contributed by atoms with Crippen molar-refractivity contribution in [1.82, 2.24) is 29.3 Å². The van der Waals surface area contributed by atoms with Gasteiger partial charge in [0.15, 0.2) is 17.5 Å². The Bertz CT molecular complexity index is 1500. The van der Waals surface area contributed by atoms with Gasteiger partial charge in [-0.25, -0.2) is 14.4 Å². The fourth-order valence-electron chi connectivity index (χ4n) is 5.55. The Kier molecular flexibility index (Phi) is 7.71. The zero-order chi connectivity index (χ0) is 28.7. The number of ether oxygens (including phenoxy) is 2. The molecule has 0 spiro atoms. The predicted octanol–water partition coefficient (Wildman–Crippen LogP) is 2.87. The summed E-state index contributed by atoms with van der Waals surface area (Å²) in [6.07, 6.45) is 1.82. The second-order valence-corrected chi connectivity index (χ2v) is 10.9. The minimum Gasteiger partial charge on any atom is -0.481 e. The molecule has 11 nitrogen and oxygen atoms in total. The maximum absolute atomic E-state index is 15.3. The number of imidazole rings is 1. The summed E-state index contributed by atoms with van der Waals surface area (Å²) in [5.74, 6) is 0.629. The molecule has 3 aromatic heterocycles. The second kappa shape index (κ2) is 11.4. The molecule has 0 saturated carbocycles. The first-order chi connectivity index (χ1) is 19.8. The highest BCUT2D eigenvalue weighted by atomic mass is 35.5. The van der Waals surface area contributed by atoms with Crippen LogP contribution in [0.25, 0.3) is 0 Å². The van der Waals surface area contributed by atoms with Gasteiger partial charge in [0.05, 0.1) is 36.2 Å². The zero-order valence-corrected chi connectivity index (χ0v) is 23.9. The molecule has 3 aliphatic heterocycles. The van der Waals surface area contributed by atoms with Crippen molar-refractivity contribution in [3.05, 3.63) is 63.3 Å². The van der Waals surface area contributed by atoms with Gasteiger partial charge in [0, 0.05) is 52.3 Å². The van der Waals surface area contributed by atoms with Crippen molar-refractivity contribution in [3.63, 3.8) is 0 Å². The molecule has 1 atom stereocenters. The third-order valence-corrected chi connectivity index (χ3v) is 8.07. The number of rotatable bonds is 5. The van der Waals surface area contributed by atoms with Crippen molar-refractivity contribution in [2.24, 2.45) is 0 Å². The lowest BCUT2D eigenvalue weighted by atomic mass is 9.98. The maximum atomic E-state index is 15.3. The highest BCUT2D eigenvalue weighted by molar-refractivity contribution is 6.31. The molecule has 1 unspecified atom stereocenters. The predicted molar refractivity (Wildman–Crippen MR) is 148 cm³/mol. The Morgan fingerprint density at radius 1 is 1.12 bits per heavy atom. The van der Waals surface area contributed by atoms with Crippen LogP contribution in [0.3, 0.4) is 0 Å². The first-order valence-electron chi connectivity index (χ1n) is 13.4. The van der Waals surface area contributed by atoms with E-state index in [9.17, 15) is 9.59 Å². The second-order valence-electron chi connectivity index (χ2n) is 10.1. The molecule has 1 fully saturated rings. The van der Waals surface area contributed by atoms with Gasteiger partial charge in [-0.2, -0.15) is 0 Å². The summed E-state index contributed by atoms with van der Waals surface area (Å²) in [6, 6.07) is 3.81. The third-order valence-electron chi connectivity index (χ3n) is 7.60. The Balaban J connectivity index is 1.27. The summed E-state index contributed by atoms with van der Waals surface area (Å²) in [5.41, 5.74) is 1.50. The number of hydrogen-bond acceptors (Lipinski definition) is 8. The van der Waals surface area contributed by atoms with Crippen molar-refractivity contribution in [1.29, 1.82) is 0 Å². The van der Waals surface area contributed by atoms with Crippen LogP contribution >= 0.6 is 23.2 Å². The van der Waals surface area contributed by atoms with Crippen LogP contribution in [0.15, 0.2) is 24.4 Å². The van der Waals surface area contributed by atoms with Crippen LogP contribution in [0.5, 0.6) is 5.75 Å². The number of hydrogen-bond donors (Lipinski definition) is 0. The van der Waals surface area contributed by atoms with Crippen molar-refractivity contribution in [2.45, 2.75) is 32.5 Å². The van der Waals surface area contributed by atoms with Gasteiger partial charge >= 0.3 is 0 Å². The topological polar surface area (TPSA) is 106 Å². The number of fused-ring (bicyclic) bond motifs is 3. The summed E-state index contributed by atoms with van der Waals surface area (Å²) in [7, 11) is 0. The molecule has 0 N–H and O–H groups in total. The van der Waals surface area contributed by atoms with Crippen molar-refractivity contribution in [3.8, 4) is 5.75 Å². The molecular formula is C27H28Cl2FN7O4. The molecule has 1 saturated heterocycles. The quantitative estimate of drug-likeness (QED) is 0.410. The van der Waals surface area contributed by atoms with Crippen molar-refractivity contribution >= 4 is 40.8 Å². The average molecular weight is 604 g/mol. The standard InChI is InChI=1S/C27H28Cl2FN7O4/c1-16(38)35-6-7-36-22(14-35)32-19-4-5-37(26(25(19)36)24-18(30)12-17(28)13-31-24)23(39)15-41-20-2-3-21(33-27(20)29)34-8-10-40-11-9-34/h2-3,12-13,26H,4-11,14-15H2,1H3. The van der Waals surface area contributed by atoms with E-state index in [1.165, 1.54) is 19.2 Å². The number of carbonyl (C=O) groups excluding carboxylic acids is 2. The largest absolute Gasteiger partial charge is 0.481 e. The van der Waals surface area contributed by atoms with E-state index in [1.54, 1.807) is 21.9 Å². The fraction of sp³-hybridized carbons (Fsp3) is 0.444. The molecule has 216 valence electrons. The van der Waals surface area contributed by atoms with Gasteiger partial charge in [0.2, 0.25) is 5.91 Å². The number of amides is 2. The van der Waals surface area contributed by atoms with E-state index in [0.29, 0.717) is 69.7 Å². The molecular weight excluding hydrogens is 576 g/mol. The smallest absolute Gasteiger partial charge is 0.261 e. The van der Waals surface area contributed by atoms with E-state index in [-0.39, 0.29) is 46.6 Å². The van der Waals surface area contributed by atoms with Gasteiger partial charge in [0.25, 0.3) is 5.91 Å². The van der Waals surface area contributed by atoms with E-state index in [4.69, 9.17) is 37.7 Å². The molecule has 0 aromatic carbocycles. The molecule has 3 aromatic rings. The Hall–Kier alpha value is -3.48. The van der Waals surface area contributed by atoms with Crippen LogP contribution in [0.2, 0.25) is 10.2 Å². The van der Waals surface area contributed by atoms with Gasteiger partial charge in [-0.15, -0.1) is 0 Å². The van der Waals surface area contributed by atoms with Crippen LogP contribution in [-0.2, 0) is 33.8 Å². The van der Waals surface area contributed by atoms with Gasteiger partial charge in [-0.1, -0.05) is 23.2 Å². The zero-order valence-electron chi connectivity index (χ0n) is 22.4. The molecule has 3 aliphatic rings. The molecule has 41 heavy (non-hydrogen) atoms. The van der Waals surface area contributed by atoms with Gasteiger partial charge in [-0.3, -0.25) is 14.6 Å². The fourth-order valence-corrected chi connectivity index (χ4v) is 5.90. The van der Waals surface area contributed by atoms with Crippen LogP contribution in [0, 0.1) is 5.82 Å². The molecule has 6 heterocycles. The minimum absolute atomic E-state index is 0.0423. The van der Waals surface area contributed by atoms with Crippen LogP contribution < -0.4 is 9.64 Å². The average Bonchev–Trinajstić information content (AvgIpc) is 3.34. The van der Waals surface area contributed by atoms with Crippen LogP contribution in [0.4, 0.5) is 10.2 Å². The molecule has 0 aliphatic carbocycles. The molecule has 14 heteroatoms. The van der Waals surface area contributed by atoms with Crippen LogP contribution in [-0.4, -0.2) is 87.1 Å². The SMILES string of the molecule is CC(=O)N1CCn2c(nc3c2C(c2ncc(Cl)cc2F)N(C(=O)COc2ccc(N4CCOCC4)nc2Cl)CC3)C1. The lowest BCUT2D eigenvalue weighted by Crippen LogP contribution is -2.45. The van der Waals surface area contributed by atoms with Crippen molar-refractivity contribution in [2.75, 3.05) is 50.9 Å². The first-order valence-corrected chi connectivity index (χ1v) is 14.1. The summed E-state index contributed by atoms with van der Waals surface area (Å²) >= 11 is 12.4. The minimum atomic E-state index is -0.852. The molecule has 0 bridgehead atoms. The number of aromatic nitrogens is 4. The molecule has 2 amide bonds. The lowest BCUT2D eigenvalue weighted by molar-refractivity contribution is -0.135. The number of carbonyl (C=O) groups is 2. The van der Waals surface area contributed by atoms with E-state index >= 15 is 4.39 Å². The van der Waals surface area contributed by atoms with E-state index in [2.05, 4.69) is 14.9 Å².